The molecule has 0 fully saturated rings. The molecule has 0 aliphatic heterocycles. The molecule has 0 amide bonds. The van der Waals surface area contributed by atoms with Crippen molar-refractivity contribution >= 4 is 65.2 Å². The average Bonchev–Trinajstić information content (AvgIpc) is 3.68. The van der Waals surface area contributed by atoms with Crippen LogP contribution in [0, 0.1) is 0 Å². The molecule has 0 spiro atoms. The lowest BCUT2D eigenvalue weighted by Gasteiger charge is -2.14. The van der Waals surface area contributed by atoms with Crippen LogP contribution in [0.3, 0.4) is 0 Å². The van der Waals surface area contributed by atoms with Crippen LogP contribution in [0.1, 0.15) is 0 Å². The fourth-order valence-corrected chi connectivity index (χ4v) is 8.74. The van der Waals surface area contributed by atoms with Gasteiger partial charge < -0.3 is 0 Å². The second-order valence-corrected chi connectivity index (χ2v) is 14.8. The molecule has 0 N–H and O–H groups in total. The monoisotopic (exact) mass is 724 g/mol. The summed E-state index contributed by atoms with van der Waals surface area (Å²) in [7, 11) is 0. The van der Waals surface area contributed by atoms with Crippen LogP contribution in [-0.2, 0) is 0 Å². The lowest BCUT2D eigenvalue weighted by molar-refractivity contribution is 1.10. The Morgan fingerprint density at radius 1 is 0.333 bits per heavy atom. The molecule has 4 nitrogen and oxygen atoms in total. The van der Waals surface area contributed by atoms with Gasteiger partial charge in [-0.1, -0.05) is 158 Å². The zero-order valence-corrected chi connectivity index (χ0v) is 30.8. The van der Waals surface area contributed by atoms with Crippen molar-refractivity contribution in [2.45, 2.75) is 0 Å². The van der Waals surface area contributed by atoms with E-state index in [2.05, 4.69) is 187 Å². The molecule has 0 radical (unpaired) electrons. The van der Waals surface area contributed by atoms with Crippen LogP contribution in [0.2, 0.25) is 0 Å². The van der Waals surface area contributed by atoms with Crippen LogP contribution in [0.4, 0.5) is 0 Å². The van der Waals surface area contributed by atoms with Gasteiger partial charge in [-0.05, 0) is 79.8 Å². The summed E-state index contributed by atoms with van der Waals surface area (Å²) in [6.45, 7) is 0. The van der Waals surface area contributed by atoms with E-state index in [4.69, 9.17) is 15.0 Å². The molecule has 0 unspecified atom stereocenters. The zero-order valence-electron chi connectivity index (χ0n) is 30.8. The Labute approximate surface area is 328 Å². The van der Waals surface area contributed by atoms with Gasteiger partial charge in [0.1, 0.15) is 5.82 Å². The molecule has 3 aromatic heterocycles. The molecule has 57 heavy (non-hydrogen) atoms. The Morgan fingerprint density at radius 3 is 1.54 bits per heavy atom. The van der Waals surface area contributed by atoms with Crippen molar-refractivity contribution in [2.75, 3.05) is 0 Å². The highest BCUT2D eigenvalue weighted by Gasteiger charge is 2.16. The van der Waals surface area contributed by atoms with Crippen LogP contribution in [0.15, 0.2) is 194 Å². The average molecular weight is 725 g/mol. The molecule has 4 heteroatoms. The summed E-state index contributed by atoms with van der Waals surface area (Å²) >= 11 is 0. The highest BCUT2D eigenvalue weighted by atomic mass is 15.1. The second kappa shape index (κ2) is 12.4. The van der Waals surface area contributed by atoms with Crippen molar-refractivity contribution in [3.63, 3.8) is 0 Å². The van der Waals surface area contributed by atoms with Crippen LogP contribution in [0.25, 0.3) is 116 Å². The summed E-state index contributed by atoms with van der Waals surface area (Å²) in [5.41, 5.74) is 12.3. The van der Waals surface area contributed by atoms with Gasteiger partial charge in [-0.3, -0.25) is 4.57 Å². The van der Waals surface area contributed by atoms with Crippen molar-refractivity contribution in [3.8, 4) is 50.7 Å². The number of pyridine rings is 2. The van der Waals surface area contributed by atoms with Crippen LogP contribution < -0.4 is 0 Å². The summed E-state index contributed by atoms with van der Waals surface area (Å²) < 4.78 is 2.23. The van der Waals surface area contributed by atoms with Gasteiger partial charge in [0.15, 0.2) is 0 Å². The summed E-state index contributed by atoms with van der Waals surface area (Å²) in [5.74, 6) is 0.909. The Kier molecular flexibility index (Phi) is 6.89. The molecule has 3 heterocycles. The van der Waals surface area contributed by atoms with E-state index in [0.717, 1.165) is 72.4 Å². The molecule has 0 atom stereocenters. The molecule has 0 saturated heterocycles. The van der Waals surface area contributed by atoms with E-state index in [1.807, 2.05) is 12.1 Å². The Morgan fingerprint density at radius 2 is 0.860 bits per heavy atom. The SMILES string of the molecule is c1ccc(-n2c(-c3ccc(-c4ccc5ccc6ccc(-c7ccc(-c8ccc9ccc%10cccc%11ccc8c9c%10%11)cc7)nc6c5n4)cc3)nc3ccccc32)cc1. The van der Waals surface area contributed by atoms with Gasteiger partial charge in [-0.2, -0.15) is 0 Å². The van der Waals surface area contributed by atoms with E-state index in [1.165, 1.54) is 43.4 Å². The van der Waals surface area contributed by atoms with Gasteiger partial charge in [0.05, 0.1) is 33.5 Å². The van der Waals surface area contributed by atoms with E-state index >= 15 is 0 Å². The molecule has 9 aromatic carbocycles. The smallest absolute Gasteiger partial charge is 0.145 e. The number of hydrogen-bond acceptors (Lipinski definition) is 3. The lowest BCUT2D eigenvalue weighted by atomic mass is 9.89. The largest absolute Gasteiger partial charge is 0.292 e. The lowest BCUT2D eigenvalue weighted by Crippen LogP contribution is -1.97. The first-order valence-corrected chi connectivity index (χ1v) is 19.4. The first-order chi connectivity index (χ1) is 28.2. The summed E-state index contributed by atoms with van der Waals surface area (Å²) in [5, 5.41) is 9.92. The number of hydrogen-bond donors (Lipinski definition) is 0. The molecule has 0 aliphatic rings. The van der Waals surface area contributed by atoms with Crippen LogP contribution in [0.5, 0.6) is 0 Å². The number of rotatable bonds is 5. The van der Waals surface area contributed by atoms with Gasteiger partial charge in [0.2, 0.25) is 0 Å². The maximum Gasteiger partial charge on any atom is 0.145 e. The number of benzene rings is 9. The van der Waals surface area contributed by atoms with Gasteiger partial charge in [0, 0.05) is 33.2 Å². The topological polar surface area (TPSA) is 43.6 Å². The fraction of sp³-hybridized carbons (Fsp3) is 0. The van der Waals surface area contributed by atoms with E-state index in [1.54, 1.807) is 0 Å². The third-order valence-electron chi connectivity index (χ3n) is 11.6. The third-order valence-corrected chi connectivity index (χ3v) is 11.6. The van der Waals surface area contributed by atoms with E-state index < -0.39 is 0 Å². The zero-order chi connectivity index (χ0) is 37.5. The first kappa shape index (κ1) is 31.6. The Balaban J connectivity index is 0.900. The Bertz CT molecular complexity index is 3480. The van der Waals surface area contributed by atoms with Crippen molar-refractivity contribution < 1.29 is 0 Å². The molecule has 0 saturated carbocycles. The second-order valence-electron chi connectivity index (χ2n) is 14.8. The van der Waals surface area contributed by atoms with Crippen molar-refractivity contribution in [1.29, 1.82) is 0 Å². The molecule has 0 aliphatic carbocycles. The van der Waals surface area contributed by atoms with Crippen LogP contribution in [-0.4, -0.2) is 19.5 Å². The van der Waals surface area contributed by atoms with Gasteiger partial charge >= 0.3 is 0 Å². The number of fused-ring (bicyclic) bond motifs is 4. The Hall–Kier alpha value is -7.69. The van der Waals surface area contributed by atoms with Gasteiger partial charge in [-0.25, -0.2) is 15.0 Å². The van der Waals surface area contributed by atoms with E-state index in [0.29, 0.717) is 0 Å². The highest BCUT2D eigenvalue weighted by molar-refractivity contribution is 6.25. The molecule has 12 aromatic rings. The van der Waals surface area contributed by atoms with E-state index in [9.17, 15) is 0 Å². The number of para-hydroxylation sites is 3. The number of imidazole rings is 1. The number of nitrogens with zero attached hydrogens (tertiary/aromatic N) is 4. The van der Waals surface area contributed by atoms with E-state index in [-0.39, 0.29) is 0 Å². The number of aromatic nitrogens is 4. The molecule has 12 rings (SSSR count). The quantitative estimate of drug-likeness (QED) is 0.166. The van der Waals surface area contributed by atoms with Crippen molar-refractivity contribution in [1.82, 2.24) is 19.5 Å². The molecular weight excluding hydrogens is 693 g/mol. The minimum Gasteiger partial charge on any atom is -0.292 e. The highest BCUT2D eigenvalue weighted by Crippen LogP contribution is 2.40. The minimum atomic E-state index is 0.895. The van der Waals surface area contributed by atoms with Gasteiger partial charge in [0.25, 0.3) is 0 Å². The molecule has 0 bridgehead atoms. The predicted molar refractivity (Wildman–Crippen MR) is 237 cm³/mol. The summed E-state index contributed by atoms with van der Waals surface area (Å²) in [6.07, 6.45) is 0. The van der Waals surface area contributed by atoms with Crippen LogP contribution >= 0.6 is 0 Å². The molecular formula is C53H32N4. The first-order valence-electron chi connectivity index (χ1n) is 19.4. The minimum absolute atomic E-state index is 0.895. The summed E-state index contributed by atoms with van der Waals surface area (Å²) in [4.78, 5) is 15.6. The van der Waals surface area contributed by atoms with Crippen molar-refractivity contribution in [3.05, 3.63) is 194 Å². The van der Waals surface area contributed by atoms with Gasteiger partial charge in [-0.15, -0.1) is 0 Å². The normalized spacial score (nSPS) is 11.9. The van der Waals surface area contributed by atoms with Crippen molar-refractivity contribution in [2.24, 2.45) is 0 Å². The molecule has 264 valence electrons. The maximum atomic E-state index is 5.26. The fourth-order valence-electron chi connectivity index (χ4n) is 8.74. The summed E-state index contributed by atoms with van der Waals surface area (Å²) in [6, 6.07) is 69.0. The standard InChI is InChI=1S/C53H32N4/c1-2-9-42(10-3-1)57-48-12-5-4-11-47(48)56-53(57)41-23-17-35(18-24-41)46-32-28-40-22-21-39-27-31-45(54-51(39)52(40)55-46)34-15-13-33(14-16-34)43-29-25-38-20-19-36-7-6-8-37-26-30-44(43)50(38)49(36)37/h1-32H. The third kappa shape index (κ3) is 5.04. The predicted octanol–water partition coefficient (Wildman–Crippen LogP) is 13.7. The maximum absolute atomic E-state index is 5.26.